The van der Waals surface area contributed by atoms with Crippen LogP contribution in [0.5, 0.6) is 0 Å². The van der Waals surface area contributed by atoms with Gasteiger partial charge in [-0.15, -0.1) is 11.3 Å². The molecule has 21 heavy (non-hydrogen) atoms. The van der Waals surface area contributed by atoms with Gasteiger partial charge in [0.05, 0.1) is 6.42 Å². The number of hydrogen-bond donors (Lipinski definition) is 0. The zero-order valence-corrected chi connectivity index (χ0v) is 12.6. The first-order chi connectivity index (χ1) is 10.2. The molecular weight excluding hydrogens is 284 g/mol. The van der Waals surface area contributed by atoms with Crippen LogP contribution < -0.4 is 0 Å². The Bertz CT molecular complexity index is 734. The molecular formula is C16H16N2O2S. The summed E-state index contributed by atoms with van der Waals surface area (Å²) in [6, 6.07) is 11.7. The minimum atomic E-state index is 0.0607. The monoisotopic (exact) mass is 300 g/mol. The summed E-state index contributed by atoms with van der Waals surface area (Å²) in [6.07, 6.45) is 1.16. The van der Waals surface area contributed by atoms with Gasteiger partial charge in [0.25, 0.3) is 0 Å². The molecule has 0 fully saturated rings. The summed E-state index contributed by atoms with van der Waals surface area (Å²) in [5.74, 6) is 0.0607. The van der Waals surface area contributed by atoms with E-state index >= 15 is 0 Å². The minimum Gasteiger partial charge on any atom is -0.356 e. The molecule has 0 N–H and O–H groups in total. The summed E-state index contributed by atoms with van der Waals surface area (Å²) in [5.41, 5.74) is 1.43. The van der Waals surface area contributed by atoms with Crippen LogP contribution in [0.3, 0.4) is 0 Å². The Morgan fingerprint density at radius 2 is 2.14 bits per heavy atom. The standard InChI is InChI=1S/C16H16N2O2S/c1-18(9-8-12-5-4-10-21-12)16(19)11-14-13-6-2-3-7-15(13)20-17-14/h2-7,10H,8-9,11H2,1H3. The van der Waals surface area contributed by atoms with Crippen LogP contribution in [-0.4, -0.2) is 29.6 Å². The van der Waals surface area contributed by atoms with E-state index in [9.17, 15) is 4.79 Å². The van der Waals surface area contributed by atoms with Gasteiger partial charge in [0.2, 0.25) is 5.91 Å². The Kier molecular flexibility index (Phi) is 4.01. The summed E-state index contributed by atoms with van der Waals surface area (Å²) in [7, 11) is 1.83. The number of nitrogens with zero attached hydrogens (tertiary/aromatic N) is 2. The number of hydrogen-bond acceptors (Lipinski definition) is 4. The Hall–Kier alpha value is -2.14. The largest absolute Gasteiger partial charge is 0.356 e. The highest BCUT2D eigenvalue weighted by Gasteiger charge is 2.15. The van der Waals surface area contributed by atoms with Crippen molar-refractivity contribution in [3.8, 4) is 0 Å². The van der Waals surface area contributed by atoms with Gasteiger partial charge in [0, 0.05) is 23.9 Å². The van der Waals surface area contributed by atoms with E-state index in [1.54, 1.807) is 16.2 Å². The molecule has 0 bridgehead atoms. The number of amides is 1. The average molecular weight is 300 g/mol. The van der Waals surface area contributed by atoms with Crippen molar-refractivity contribution < 1.29 is 9.32 Å². The fraction of sp³-hybridized carbons (Fsp3) is 0.250. The fourth-order valence-corrected chi connectivity index (χ4v) is 2.90. The van der Waals surface area contributed by atoms with Crippen LogP contribution in [0.4, 0.5) is 0 Å². The van der Waals surface area contributed by atoms with Gasteiger partial charge in [-0.2, -0.15) is 0 Å². The quantitative estimate of drug-likeness (QED) is 0.727. The molecule has 1 amide bonds. The summed E-state index contributed by atoms with van der Waals surface area (Å²) >= 11 is 1.72. The SMILES string of the molecule is CN(CCc1cccs1)C(=O)Cc1noc2ccccc12. The van der Waals surface area contributed by atoms with Gasteiger partial charge in [-0.25, -0.2) is 0 Å². The fourth-order valence-electron chi connectivity index (χ4n) is 2.20. The van der Waals surface area contributed by atoms with E-state index in [2.05, 4.69) is 16.6 Å². The number of carbonyl (C=O) groups excluding carboxylic acids is 1. The van der Waals surface area contributed by atoms with Crippen LogP contribution in [0.15, 0.2) is 46.3 Å². The third kappa shape index (κ3) is 3.13. The van der Waals surface area contributed by atoms with Crippen molar-refractivity contribution >= 4 is 28.2 Å². The van der Waals surface area contributed by atoms with Gasteiger partial charge < -0.3 is 9.42 Å². The third-order valence-electron chi connectivity index (χ3n) is 3.47. The van der Waals surface area contributed by atoms with E-state index in [0.717, 1.165) is 23.9 Å². The van der Waals surface area contributed by atoms with E-state index in [1.807, 2.05) is 37.4 Å². The molecule has 3 aromatic rings. The van der Waals surface area contributed by atoms with E-state index in [4.69, 9.17) is 4.52 Å². The van der Waals surface area contributed by atoms with Crippen LogP contribution in [0.2, 0.25) is 0 Å². The molecule has 0 atom stereocenters. The van der Waals surface area contributed by atoms with Crippen LogP contribution in [0.1, 0.15) is 10.6 Å². The van der Waals surface area contributed by atoms with Gasteiger partial charge in [-0.3, -0.25) is 4.79 Å². The highest BCUT2D eigenvalue weighted by atomic mass is 32.1. The zero-order valence-electron chi connectivity index (χ0n) is 11.8. The Labute approximate surface area is 127 Å². The summed E-state index contributed by atoms with van der Waals surface area (Å²) in [6.45, 7) is 0.717. The second kappa shape index (κ2) is 6.10. The molecule has 5 heteroatoms. The lowest BCUT2D eigenvalue weighted by atomic mass is 10.1. The number of aromatic nitrogens is 1. The van der Waals surface area contributed by atoms with Crippen LogP contribution in [0.25, 0.3) is 11.0 Å². The first-order valence-electron chi connectivity index (χ1n) is 6.83. The molecule has 108 valence electrons. The van der Waals surface area contributed by atoms with Gasteiger partial charge in [0.1, 0.15) is 5.69 Å². The van der Waals surface area contributed by atoms with Crippen molar-refractivity contribution in [3.05, 3.63) is 52.3 Å². The number of rotatable bonds is 5. The number of likely N-dealkylation sites (N-methyl/N-ethyl adjacent to an activating group) is 1. The molecule has 0 saturated heterocycles. The highest BCUT2D eigenvalue weighted by molar-refractivity contribution is 7.09. The number of carbonyl (C=O) groups is 1. The Balaban J connectivity index is 1.62. The maximum Gasteiger partial charge on any atom is 0.228 e. The van der Waals surface area contributed by atoms with Crippen LogP contribution in [0, 0.1) is 0 Å². The first-order valence-corrected chi connectivity index (χ1v) is 7.71. The molecule has 4 nitrogen and oxygen atoms in total. The maximum atomic E-state index is 12.3. The number of fused-ring (bicyclic) bond motifs is 1. The number of para-hydroxylation sites is 1. The van der Waals surface area contributed by atoms with Crippen molar-refractivity contribution in [2.75, 3.05) is 13.6 Å². The molecule has 1 aromatic carbocycles. The van der Waals surface area contributed by atoms with Crippen molar-refractivity contribution in [3.63, 3.8) is 0 Å². The predicted molar refractivity (Wildman–Crippen MR) is 83.4 cm³/mol. The van der Waals surface area contributed by atoms with E-state index in [-0.39, 0.29) is 12.3 Å². The molecule has 0 radical (unpaired) electrons. The first kappa shape index (κ1) is 13.8. The topological polar surface area (TPSA) is 46.3 Å². The van der Waals surface area contributed by atoms with Crippen LogP contribution >= 0.6 is 11.3 Å². The summed E-state index contributed by atoms with van der Waals surface area (Å²) < 4.78 is 5.23. The highest BCUT2D eigenvalue weighted by Crippen LogP contribution is 2.18. The maximum absolute atomic E-state index is 12.3. The second-order valence-electron chi connectivity index (χ2n) is 4.95. The van der Waals surface area contributed by atoms with Crippen molar-refractivity contribution in [2.45, 2.75) is 12.8 Å². The molecule has 0 aliphatic rings. The van der Waals surface area contributed by atoms with E-state index in [1.165, 1.54) is 4.88 Å². The molecule has 0 saturated carbocycles. The zero-order chi connectivity index (χ0) is 14.7. The molecule has 2 heterocycles. The van der Waals surface area contributed by atoms with E-state index < -0.39 is 0 Å². The third-order valence-corrected chi connectivity index (χ3v) is 4.41. The normalized spacial score (nSPS) is 10.9. The molecule has 0 aliphatic carbocycles. The van der Waals surface area contributed by atoms with Gasteiger partial charge in [-0.1, -0.05) is 23.4 Å². The van der Waals surface area contributed by atoms with Crippen molar-refractivity contribution in [2.24, 2.45) is 0 Å². The second-order valence-corrected chi connectivity index (χ2v) is 5.98. The summed E-state index contributed by atoms with van der Waals surface area (Å²) in [4.78, 5) is 15.3. The number of benzene rings is 1. The van der Waals surface area contributed by atoms with Gasteiger partial charge >= 0.3 is 0 Å². The van der Waals surface area contributed by atoms with Crippen molar-refractivity contribution in [1.29, 1.82) is 0 Å². The van der Waals surface area contributed by atoms with Gasteiger partial charge in [-0.05, 0) is 30.0 Å². The lowest BCUT2D eigenvalue weighted by Crippen LogP contribution is -2.30. The molecule has 3 rings (SSSR count). The number of thiophene rings is 1. The molecule has 0 aliphatic heterocycles. The van der Waals surface area contributed by atoms with Gasteiger partial charge in [0.15, 0.2) is 5.58 Å². The van der Waals surface area contributed by atoms with E-state index in [0.29, 0.717) is 5.69 Å². The lowest BCUT2D eigenvalue weighted by Gasteiger charge is -2.15. The predicted octanol–water partition coefficient (Wildman–Crippen LogP) is 3.13. The Morgan fingerprint density at radius 3 is 2.95 bits per heavy atom. The molecule has 0 spiro atoms. The molecule has 0 unspecified atom stereocenters. The van der Waals surface area contributed by atoms with Crippen molar-refractivity contribution in [1.82, 2.24) is 10.1 Å². The Morgan fingerprint density at radius 1 is 1.29 bits per heavy atom. The lowest BCUT2D eigenvalue weighted by molar-refractivity contribution is -0.129. The average Bonchev–Trinajstić information content (AvgIpc) is 3.15. The molecule has 2 aromatic heterocycles. The smallest absolute Gasteiger partial charge is 0.228 e. The minimum absolute atomic E-state index is 0.0607. The van der Waals surface area contributed by atoms with Crippen LogP contribution in [-0.2, 0) is 17.6 Å². The summed E-state index contributed by atoms with van der Waals surface area (Å²) in [5, 5.41) is 6.98.